The van der Waals surface area contributed by atoms with Gasteiger partial charge < -0.3 is 0 Å². The monoisotopic (exact) mass is 750 g/mol. The Kier molecular flexibility index (Phi) is 14.0. The van der Waals surface area contributed by atoms with Gasteiger partial charge in [-0.15, -0.1) is 35.9 Å². The zero-order chi connectivity index (χ0) is 31.2. The van der Waals surface area contributed by atoms with E-state index in [9.17, 15) is 0 Å². The molecule has 0 spiro atoms. The van der Waals surface area contributed by atoms with Crippen LogP contribution in [0.15, 0.2) is 183 Å². The third-order valence-corrected chi connectivity index (χ3v) is 6.91. The molecule has 0 aliphatic rings. The molecule has 0 radical (unpaired) electrons. The van der Waals surface area contributed by atoms with Crippen molar-refractivity contribution in [3.05, 3.63) is 189 Å². The fourth-order valence-electron chi connectivity index (χ4n) is 4.69. The first-order valence-corrected chi connectivity index (χ1v) is 14.9. The Morgan fingerprint density at radius 3 is 1.25 bits per heavy atom. The Morgan fingerprint density at radius 1 is 0.458 bits per heavy atom. The molecule has 0 saturated carbocycles. The number of hydrogen-bond acceptors (Lipinski definition) is 5. The maximum absolute atomic E-state index is 4.59. The Morgan fingerprint density at radius 2 is 0.875 bits per heavy atom. The number of nitrogens with zero attached hydrogens (tertiary/aromatic N) is 5. The molecule has 8 aromatic rings. The first-order chi connectivity index (χ1) is 22.8. The molecular weight excluding hydrogens is 719 g/mol. The largest absolute Gasteiger partial charge is 2.00 e. The zero-order valence-corrected chi connectivity index (χ0v) is 28.6. The van der Waals surface area contributed by atoms with Crippen LogP contribution in [-0.4, -0.2) is 24.9 Å². The molecule has 48 heavy (non-hydrogen) atoms. The van der Waals surface area contributed by atoms with Crippen molar-refractivity contribution in [1.82, 2.24) is 24.9 Å². The predicted octanol–water partition coefficient (Wildman–Crippen LogP) is 9.60. The van der Waals surface area contributed by atoms with Crippen molar-refractivity contribution in [3.63, 3.8) is 0 Å². The minimum absolute atomic E-state index is 0. The maximum atomic E-state index is 4.59. The van der Waals surface area contributed by atoms with Crippen LogP contribution in [0, 0.1) is 6.07 Å². The van der Waals surface area contributed by atoms with Crippen LogP contribution < -0.4 is 0 Å². The van der Waals surface area contributed by atoms with E-state index in [2.05, 4.69) is 55.3 Å². The molecule has 5 aromatic heterocycles. The SMILES string of the molecule is [Fe+2].[Ru+2].[c-]1c(-c2ccccn2)cc(-[c-]2cccc2)cc1-c1ccccn1.c1cc[cH-]c1.c1ccc(-c2cccc(-c3ccccn3)n2)nc1. The summed E-state index contributed by atoms with van der Waals surface area (Å²) in [4.78, 5) is 22.1. The van der Waals surface area contributed by atoms with Gasteiger partial charge >= 0.3 is 36.5 Å². The van der Waals surface area contributed by atoms with Crippen LogP contribution >= 0.6 is 0 Å². The fraction of sp³-hybridized carbons (Fsp3) is 0. The summed E-state index contributed by atoms with van der Waals surface area (Å²) in [6, 6.07) is 55.3. The Labute approximate surface area is 304 Å². The molecule has 7 heteroatoms. The van der Waals surface area contributed by atoms with Gasteiger partial charge in [0.05, 0.1) is 22.8 Å². The average Bonchev–Trinajstić information content (AvgIpc) is 3.92. The molecule has 0 bridgehead atoms. The smallest absolute Gasteiger partial charge is 0.295 e. The molecule has 8 rings (SSSR count). The molecule has 5 nitrogen and oxygen atoms in total. The third kappa shape index (κ3) is 9.91. The molecule has 0 unspecified atom stereocenters. The van der Waals surface area contributed by atoms with E-state index in [4.69, 9.17) is 0 Å². The van der Waals surface area contributed by atoms with E-state index in [1.807, 2.05) is 133 Å². The average molecular weight is 750 g/mol. The van der Waals surface area contributed by atoms with Crippen LogP contribution in [0.3, 0.4) is 0 Å². The first-order valence-electron chi connectivity index (χ1n) is 14.9. The van der Waals surface area contributed by atoms with Gasteiger partial charge in [0.2, 0.25) is 0 Å². The van der Waals surface area contributed by atoms with E-state index >= 15 is 0 Å². The quantitative estimate of drug-likeness (QED) is 0.130. The number of aromatic nitrogens is 5. The molecule has 0 atom stereocenters. The zero-order valence-electron chi connectivity index (χ0n) is 25.8. The van der Waals surface area contributed by atoms with Gasteiger partial charge in [0, 0.05) is 36.2 Å². The number of pyridine rings is 5. The van der Waals surface area contributed by atoms with Crippen LogP contribution in [0.4, 0.5) is 0 Å². The maximum Gasteiger partial charge on any atom is 2.00 e. The minimum atomic E-state index is 0. The van der Waals surface area contributed by atoms with Crippen molar-refractivity contribution >= 4 is 0 Å². The topological polar surface area (TPSA) is 64.5 Å². The van der Waals surface area contributed by atoms with Gasteiger partial charge in [-0.2, -0.15) is 30.3 Å². The molecular formula is C41H30FeN5Ru+. The van der Waals surface area contributed by atoms with E-state index < -0.39 is 0 Å². The number of rotatable bonds is 5. The van der Waals surface area contributed by atoms with Gasteiger partial charge in [-0.05, 0) is 48.5 Å². The van der Waals surface area contributed by atoms with E-state index in [1.165, 1.54) is 5.56 Å². The normalized spacial score (nSPS) is 9.75. The van der Waals surface area contributed by atoms with Gasteiger partial charge in [-0.25, -0.2) is 17.1 Å². The Balaban J connectivity index is 0.000000186. The third-order valence-electron chi connectivity index (χ3n) is 6.91. The molecule has 0 aliphatic carbocycles. The van der Waals surface area contributed by atoms with Crippen molar-refractivity contribution in [3.8, 4) is 56.4 Å². The van der Waals surface area contributed by atoms with Crippen molar-refractivity contribution in [2.45, 2.75) is 0 Å². The predicted molar refractivity (Wildman–Crippen MR) is 186 cm³/mol. The second-order valence-corrected chi connectivity index (χ2v) is 10.1. The summed E-state index contributed by atoms with van der Waals surface area (Å²) >= 11 is 0. The van der Waals surface area contributed by atoms with Gasteiger partial charge in [0.1, 0.15) is 0 Å². The van der Waals surface area contributed by atoms with Crippen LogP contribution in [0.1, 0.15) is 0 Å². The summed E-state index contributed by atoms with van der Waals surface area (Å²) in [6.45, 7) is 0. The summed E-state index contributed by atoms with van der Waals surface area (Å²) < 4.78 is 0. The second-order valence-electron chi connectivity index (χ2n) is 10.1. The van der Waals surface area contributed by atoms with E-state index in [-0.39, 0.29) is 36.5 Å². The van der Waals surface area contributed by atoms with Crippen molar-refractivity contribution < 1.29 is 36.5 Å². The first kappa shape index (κ1) is 35.7. The minimum Gasteiger partial charge on any atom is -0.295 e. The molecule has 0 fully saturated rings. The van der Waals surface area contributed by atoms with Crippen LogP contribution in [0.25, 0.3) is 56.4 Å². The van der Waals surface area contributed by atoms with Gasteiger partial charge in [0.25, 0.3) is 0 Å². The van der Waals surface area contributed by atoms with Crippen molar-refractivity contribution in [2.24, 2.45) is 0 Å². The van der Waals surface area contributed by atoms with E-state index in [0.29, 0.717) is 0 Å². The van der Waals surface area contributed by atoms with Gasteiger partial charge in [-0.1, -0.05) is 59.2 Å². The molecule has 234 valence electrons. The molecule has 0 saturated heterocycles. The molecule has 5 heterocycles. The van der Waals surface area contributed by atoms with Crippen LogP contribution in [0.2, 0.25) is 0 Å². The standard InChI is InChI=1S/C21H14N2.C15H11N3.C5H5.Fe.Ru/c1-2-8-16(7-1)17-13-18(20-9-3-5-11-22-20)15-19(14-17)21-10-4-6-12-23-21;1-3-10-16-12(6-1)14-8-5-9-15(18-14)13-7-2-4-11-17-13;1-2-4-5-3-1;;/h1-14H;1-11H;1-5H;;/q-2;;-1;2*+2. The Hall–Kier alpha value is -5.19. The Bertz CT molecular complexity index is 1890. The summed E-state index contributed by atoms with van der Waals surface area (Å²) in [5.41, 5.74) is 9.58. The summed E-state index contributed by atoms with van der Waals surface area (Å²) in [5, 5.41) is 0. The number of hydrogen-bond donors (Lipinski definition) is 0. The van der Waals surface area contributed by atoms with Crippen molar-refractivity contribution in [2.75, 3.05) is 0 Å². The van der Waals surface area contributed by atoms with E-state index in [1.54, 1.807) is 24.8 Å². The number of benzene rings is 1. The molecule has 0 N–H and O–H groups in total. The molecule has 0 aliphatic heterocycles. The fourth-order valence-corrected chi connectivity index (χ4v) is 4.69. The molecule has 3 aromatic carbocycles. The van der Waals surface area contributed by atoms with Crippen LogP contribution in [-0.2, 0) is 36.5 Å². The summed E-state index contributed by atoms with van der Waals surface area (Å²) in [6.07, 6.45) is 7.15. The van der Waals surface area contributed by atoms with E-state index in [0.717, 1.165) is 50.9 Å². The van der Waals surface area contributed by atoms with Crippen LogP contribution in [0.5, 0.6) is 0 Å². The molecule has 0 amide bonds. The van der Waals surface area contributed by atoms with Gasteiger partial charge in [-0.3, -0.25) is 19.9 Å². The van der Waals surface area contributed by atoms with Crippen molar-refractivity contribution in [1.29, 1.82) is 0 Å². The second kappa shape index (κ2) is 18.8. The summed E-state index contributed by atoms with van der Waals surface area (Å²) in [7, 11) is 0. The van der Waals surface area contributed by atoms with Gasteiger partial charge in [0.15, 0.2) is 0 Å². The summed E-state index contributed by atoms with van der Waals surface area (Å²) in [5.74, 6) is 0.